The second kappa shape index (κ2) is 16.8. The minimum atomic E-state index is -1.53. The number of azide groups is 1. The maximum atomic E-state index is 14.6. The maximum absolute atomic E-state index is 14.6. The van der Waals surface area contributed by atoms with Crippen LogP contribution in [-0.2, 0) is 22.4 Å². The molecule has 0 bridgehead atoms. The summed E-state index contributed by atoms with van der Waals surface area (Å²) in [4.78, 5) is 22.6. The van der Waals surface area contributed by atoms with E-state index in [9.17, 15) is 10.3 Å². The first-order valence-electron chi connectivity index (χ1n) is 15.6. The van der Waals surface area contributed by atoms with Crippen molar-refractivity contribution < 1.29 is 28.8 Å². The average Bonchev–Trinajstić information content (AvgIpc) is 3.51. The molecule has 49 heavy (non-hydrogen) atoms. The molecule has 1 amide bonds. The number of benzene rings is 4. The molecule has 254 valence electrons. The van der Waals surface area contributed by atoms with Crippen LogP contribution in [0.5, 0.6) is 17.2 Å². The van der Waals surface area contributed by atoms with Gasteiger partial charge in [0.25, 0.3) is 5.91 Å². The van der Waals surface area contributed by atoms with Crippen molar-refractivity contribution in [2.75, 3.05) is 34.0 Å². The van der Waals surface area contributed by atoms with Gasteiger partial charge < -0.3 is 24.1 Å². The van der Waals surface area contributed by atoms with Gasteiger partial charge in [0.15, 0.2) is 23.1 Å². The minimum absolute atomic E-state index is 0.0389. The van der Waals surface area contributed by atoms with Gasteiger partial charge >= 0.3 is 0 Å². The van der Waals surface area contributed by atoms with Gasteiger partial charge in [-0.05, 0) is 65.5 Å². The zero-order valence-corrected chi connectivity index (χ0v) is 28.7. The molecule has 0 saturated heterocycles. The lowest BCUT2D eigenvalue weighted by Gasteiger charge is -2.31. The van der Waals surface area contributed by atoms with Crippen molar-refractivity contribution in [3.05, 3.63) is 128 Å². The van der Waals surface area contributed by atoms with Crippen LogP contribution in [0.2, 0.25) is 0 Å². The number of carbonyl (C=O) groups is 1. The third-order valence-electron chi connectivity index (χ3n) is 8.01. The van der Waals surface area contributed by atoms with E-state index in [2.05, 4.69) is 36.8 Å². The molecule has 3 N–H and O–H groups in total. The van der Waals surface area contributed by atoms with Crippen molar-refractivity contribution in [2.24, 2.45) is 10.1 Å². The molecular formula is C36H37BrN6O6. The highest BCUT2D eigenvalue weighted by Gasteiger charge is 2.54. The number of hydrogen-bond donors (Lipinski definition) is 3. The number of rotatable bonds is 16. The van der Waals surface area contributed by atoms with E-state index in [1.54, 1.807) is 38.5 Å². The molecule has 13 heteroatoms. The van der Waals surface area contributed by atoms with Crippen molar-refractivity contribution in [1.82, 2.24) is 10.9 Å². The zero-order chi connectivity index (χ0) is 34.6. The van der Waals surface area contributed by atoms with Gasteiger partial charge in [-0.3, -0.25) is 10.2 Å². The Morgan fingerprint density at radius 1 is 1.04 bits per heavy atom. The third-order valence-corrected chi connectivity index (χ3v) is 8.73. The van der Waals surface area contributed by atoms with E-state index in [1.807, 2.05) is 66.7 Å². The van der Waals surface area contributed by atoms with E-state index in [0.717, 1.165) is 10.0 Å². The first-order chi connectivity index (χ1) is 23.9. The number of aliphatic hydroxyl groups is 1. The molecule has 0 aliphatic carbocycles. The van der Waals surface area contributed by atoms with Gasteiger partial charge in [0.2, 0.25) is 5.90 Å². The molecule has 0 aromatic heterocycles. The number of ether oxygens (including phenoxy) is 4. The van der Waals surface area contributed by atoms with E-state index in [0.29, 0.717) is 65.6 Å². The van der Waals surface area contributed by atoms with Crippen LogP contribution >= 0.6 is 15.9 Å². The molecule has 1 heterocycles. The van der Waals surface area contributed by atoms with E-state index >= 15 is 0 Å². The molecule has 4 aromatic carbocycles. The topological polar surface area (TPSA) is 159 Å². The summed E-state index contributed by atoms with van der Waals surface area (Å²) in [7, 11) is 3.17. The highest BCUT2D eigenvalue weighted by molar-refractivity contribution is 9.10. The van der Waals surface area contributed by atoms with Crippen LogP contribution in [0, 0.1) is 0 Å². The molecule has 0 spiro atoms. The van der Waals surface area contributed by atoms with Crippen molar-refractivity contribution in [1.29, 1.82) is 0 Å². The van der Waals surface area contributed by atoms with Crippen LogP contribution in [-0.4, -0.2) is 56.4 Å². The van der Waals surface area contributed by atoms with Crippen LogP contribution in [0.1, 0.15) is 34.8 Å². The molecule has 0 unspecified atom stereocenters. The SMILES string of the molecule is COc1ccc(CCNNC(=O)[C@@]2(Cc3ccccc3N=[N+]=[N-])N=C(c3ccc(OCCCO)cc3)O[C@H]2c2ccccc2Br)cc1OC. The Labute approximate surface area is 292 Å². The smallest absolute Gasteiger partial charge is 0.266 e. The van der Waals surface area contributed by atoms with Crippen LogP contribution in [0.3, 0.4) is 0 Å². The number of amides is 1. The summed E-state index contributed by atoms with van der Waals surface area (Å²) in [5, 5.41) is 13.0. The van der Waals surface area contributed by atoms with Crippen LogP contribution in [0.4, 0.5) is 5.69 Å². The number of aliphatic hydroxyl groups excluding tert-OH is 1. The highest BCUT2D eigenvalue weighted by atomic mass is 79.9. The predicted octanol–water partition coefficient (Wildman–Crippen LogP) is 6.53. The van der Waals surface area contributed by atoms with E-state index < -0.39 is 17.6 Å². The van der Waals surface area contributed by atoms with E-state index in [4.69, 9.17) is 29.0 Å². The van der Waals surface area contributed by atoms with Crippen molar-refractivity contribution in [2.45, 2.75) is 30.9 Å². The molecule has 2 atom stereocenters. The summed E-state index contributed by atoms with van der Waals surface area (Å²) in [5.74, 6) is 1.71. The fourth-order valence-corrected chi connectivity index (χ4v) is 6.03. The van der Waals surface area contributed by atoms with Crippen LogP contribution in [0.25, 0.3) is 10.4 Å². The van der Waals surface area contributed by atoms with Crippen molar-refractivity contribution in [3.8, 4) is 17.2 Å². The number of nitrogens with zero attached hydrogens (tertiary/aromatic N) is 4. The molecule has 0 radical (unpaired) electrons. The second-order valence-corrected chi connectivity index (χ2v) is 12.0. The molecule has 1 aliphatic heterocycles. The lowest BCUT2D eigenvalue weighted by atomic mass is 9.81. The Morgan fingerprint density at radius 2 is 1.80 bits per heavy atom. The zero-order valence-electron chi connectivity index (χ0n) is 27.1. The Bertz CT molecular complexity index is 1830. The highest BCUT2D eigenvalue weighted by Crippen LogP contribution is 2.45. The monoisotopic (exact) mass is 728 g/mol. The summed E-state index contributed by atoms with van der Waals surface area (Å²) < 4.78 is 23.8. The number of hydrogen-bond acceptors (Lipinski definition) is 9. The summed E-state index contributed by atoms with van der Waals surface area (Å²) in [6, 6.07) is 27.5. The minimum Gasteiger partial charge on any atom is -0.494 e. The maximum Gasteiger partial charge on any atom is 0.266 e. The van der Waals surface area contributed by atoms with Gasteiger partial charge in [0.1, 0.15) is 5.75 Å². The van der Waals surface area contributed by atoms with Gasteiger partial charge in [-0.15, -0.1) is 0 Å². The van der Waals surface area contributed by atoms with Crippen LogP contribution < -0.4 is 25.1 Å². The van der Waals surface area contributed by atoms with Gasteiger partial charge in [-0.2, -0.15) is 0 Å². The summed E-state index contributed by atoms with van der Waals surface area (Å²) >= 11 is 3.66. The largest absolute Gasteiger partial charge is 0.494 e. The summed E-state index contributed by atoms with van der Waals surface area (Å²) in [6.07, 6.45) is 0.287. The Kier molecular flexibility index (Phi) is 12.1. The lowest BCUT2D eigenvalue weighted by molar-refractivity contribution is -0.130. The number of halogens is 1. The van der Waals surface area contributed by atoms with E-state index in [1.165, 1.54) is 0 Å². The Morgan fingerprint density at radius 3 is 2.53 bits per heavy atom. The van der Waals surface area contributed by atoms with Crippen molar-refractivity contribution in [3.63, 3.8) is 0 Å². The normalized spacial score (nSPS) is 16.6. The molecule has 1 aliphatic rings. The standard InChI is InChI=1S/C36H37BrN6O6/c1-46-31-17-12-24(22-32(31)47-2)18-19-39-42-35(45)36(23-26-8-3-6-11-30(26)41-43-38)33(28-9-4-5-10-29(28)37)49-34(40-36)25-13-15-27(16-14-25)48-21-7-20-44/h3-6,8-17,22,33,39,44H,7,18-21,23H2,1-2H3,(H,42,45)/t33-,36-/m0/s1. The van der Waals surface area contributed by atoms with Crippen molar-refractivity contribution >= 4 is 33.4 Å². The predicted molar refractivity (Wildman–Crippen MR) is 189 cm³/mol. The quantitative estimate of drug-likeness (QED) is 0.0389. The molecule has 12 nitrogen and oxygen atoms in total. The Hall–Kier alpha value is -5.07. The van der Waals surface area contributed by atoms with Gasteiger partial charge in [-0.25, -0.2) is 10.4 Å². The van der Waals surface area contributed by atoms with Gasteiger partial charge in [0, 0.05) is 52.2 Å². The Balaban J connectivity index is 1.50. The molecule has 0 saturated carbocycles. The number of carbonyl (C=O) groups excluding carboxylic acids is 1. The summed E-state index contributed by atoms with van der Waals surface area (Å²) in [6.45, 7) is 0.822. The fraction of sp³-hybridized carbons (Fsp3) is 0.278. The summed E-state index contributed by atoms with van der Waals surface area (Å²) in [5.41, 5.74) is 17.1. The number of methoxy groups -OCH3 is 2. The first kappa shape index (κ1) is 35.2. The average molecular weight is 730 g/mol. The first-order valence-corrected chi connectivity index (χ1v) is 16.4. The number of hydrazine groups is 1. The fourth-order valence-electron chi connectivity index (χ4n) is 5.54. The van der Waals surface area contributed by atoms with E-state index in [-0.39, 0.29) is 18.9 Å². The van der Waals surface area contributed by atoms with Gasteiger partial charge in [0.05, 0.1) is 20.8 Å². The molecule has 0 fully saturated rings. The van der Waals surface area contributed by atoms with Gasteiger partial charge in [-0.1, -0.05) is 69.6 Å². The molecule has 4 aromatic rings. The number of nitrogens with one attached hydrogen (secondary N) is 2. The molecule has 5 rings (SSSR count). The lowest BCUT2D eigenvalue weighted by Crippen LogP contribution is -2.54. The second-order valence-electron chi connectivity index (χ2n) is 11.1. The number of aliphatic imine (C=N–C) groups is 1. The molecular weight excluding hydrogens is 692 g/mol. The van der Waals surface area contributed by atoms with Crippen LogP contribution in [0.15, 0.2) is 106 Å². The third kappa shape index (κ3) is 8.33.